The molecular weight excluding hydrogens is 189 g/mol. The van der Waals surface area contributed by atoms with Crippen LogP contribution in [0.2, 0.25) is 5.02 Å². The van der Waals surface area contributed by atoms with E-state index in [2.05, 4.69) is 0 Å². The van der Waals surface area contributed by atoms with Gasteiger partial charge in [0.05, 0.1) is 0 Å². The first-order chi connectivity index (χ1) is 6.06. The van der Waals surface area contributed by atoms with Crippen LogP contribution in [0.5, 0.6) is 0 Å². The predicted molar refractivity (Wildman–Crippen MR) is 53.4 cm³/mol. The molecule has 0 aliphatic heterocycles. The quantitative estimate of drug-likeness (QED) is 0.782. The highest BCUT2D eigenvalue weighted by molar-refractivity contribution is 6.31. The zero-order chi connectivity index (χ0) is 10.0. The van der Waals surface area contributed by atoms with E-state index in [0.29, 0.717) is 10.6 Å². The molecule has 0 bridgehead atoms. The highest BCUT2D eigenvalue weighted by Crippen LogP contribution is 2.24. The zero-order valence-electron chi connectivity index (χ0n) is 7.77. The van der Waals surface area contributed by atoms with Gasteiger partial charge in [0.2, 0.25) is 0 Å². The van der Waals surface area contributed by atoms with Gasteiger partial charge in [0.25, 0.3) is 0 Å². The molecule has 0 aliphatic rings. The van der Waals surface area contributed by atoms with E-state index in [9.17, 15) is 4.39 Å². The van der Waals surface area contributed by atoms with Crippen LogP contribution >= 0.6 is 11.6 Å². The molecule has 13 heavy (non-hydrogen) atoms. The molecule has 0 saturated carbocycles. The van der Waals surface area contributed by atoms with Crippen LogP contribution in [0.4, 0.5) is 4.39 Å². The number of benzene rings is 1. The van der Waals surface area contributed by atoms with Gasteiger partial charge in [0, 0.05) is 16.6 Å². The van der Waals surface area contributed by atoms with Gasteiger partial charge in [-0.3, -0.25) is 0 Å². The van der Waals surface area contributed by atoms with Gasteiger partial charge in [-0.05, 0) is 25.0 Å². The Morgan fingerprint density at radius 1 is 1.54 bits per heavy atom. The Hall–Kier alpha value is -0.600. The summed E-state index contributed by atoms with van der Waals surface area (Å²) in [5, 5.41) is 0.449. The van der Waals surface area contributed by atoms with E-state index in [1.54, 1.807) is 6.07 Å². The van der Waals surface area contributed by atoms with Crippen LogP contribution in [-0.2, 0) is 0 Å². The minimum atomic E-state index is -0.315. The lowest BCUT2D eigenvalue weighted by atomic mass is 10.0. The number of rotatable bonds is 2. The Balaban J connectivity index is 3.15. The third kappa shape index (κ3) is 2.20. The first-order valence-electron chi connectivity index (χ1n) is 4.27. The van der Waals surface area contributed by atoms with Crippen LogP contribution in [0.3, 0.4) is 0 Å². The van der Waals surface area contributed by atoms with Crippen molar-refractivity contribution in [1.29, 1.82) is 0 Å². The van der Waals surface area contributed by atoms with Crippen molar-refractivity contribution in [1.82, 2.24) is 0 Å². The van der Waals surface area contributed by atoms with Crippen molar-refractivity contribution >= 4 is 11.6 Å². The lowest BCUT2D eigenvalue weighted by Gasteiger charge is -2.11. The fraction of sp³-hybridized carbons (Fsp3) is 0.400. The van der Waals surface area contributed by atoms with Crippen LogP contribution in [0, 0.1) is 12.7 Å². The normalized spacial score (nSPS) is 13.0. The number of nitrogens with two attached hydrogens (primary N) is 1. The molecule has 1 nitrogen and oxygen atoms in total. The molecule has 3 heteroatoms. The Labute approximate surface area is 82.7 Å². The number of aryl methyl sites for hydroxylation is 1. The van der Waals surface area contributed by atoms with Crippen molar-refractivity contribution in [3.8, 4) is 0 Å². The number of halogens is 2. The average molecular weight is 202 g/mol. The monoisotopic (exact) mass is 201 g/mol. The van der Waals surface area contributed by atoms with Gasteiger partial charge < -0.3 is 5.73 Å². The maximum Gasteiger partial charge on any atom is 0.129 e. The maximum absolute atomic E-state index is 13.3. The smallest absolute Gasteiger partial charge is 0.129 e. The van der Waals surface area contributed by atoms with Gasteiger partial charge in [-0.2, -0.15) is 0 Å². The van der Waals surface area contributed by atoms with E-state index >= 15 is 0 Å². The summed E-state index contributed by atoms with van der Waals surface area (Å²) in [6, 6.07) is 2.80. The SMILES string of the molecule is CCC(N)c1cc(C)c(Cl)cc1F. The van der Waals surface area contributed by atoms with Crippen LogP contribution in [0.1, 0.15) is 30.5 Å². The van der Waals surface area contributed by atoms with Gasteiger partial charge in [0.1, 0.15) is 5.82 Å². The van der Waals surface area contributed by atoms with Crippen LogP contribution < -0.4 is 5.73 Å². The Bertz CT molecular complexity index is 312. The maximum atomic E-state index is 13.3. The summed E-state index contributed by atoms with van der Waals surface area (Å²) in [4.78, 5) is 0. The summed E-state index contributed by atoms with van der Waals surface area (Å²) in [5.41, 5.74) is 7.14. The number of hydrogen-bond acceptors (Lipinski definition) is 1. The van der Waals surface area contributed by atoms with E-state index in [1.807, 2.05) is 13.8 Å². The standard InChI is InChI=1S/C10H13ClFN/c1-3-10(13)7-4-6(2)8(11)5-9(7)12/h4-5,10H,3,13H2,1-2H3. The highest BCUT2D eigenvalue weighted by Gasteiger charge is 2.11. The largest absolute Gasteiger partial charge is 0.324 e. The minimum Gasteiger partial charge on any atom is -0.324 e. The second kappa shape index (κ2) is 4.07. The minimum absolute atomic E-state index is 0.240. The van der Waals surface area contributed by atoms with Crippen molar-refractivity contribution in [2.45, 2.75) is 26.3 Å². The molecule has 1 atom stereocenters. The first kappa shape index (κ1) is 10.5. The van der Waals surface area contributed by atoms with E-state index in [1.165, 1.54) is 6.07 Å². The van der Waals surface area contributed by atoms with E-state index < -0.39 is 0 Å². The molecule has 0 spiro atoms. The van der Waals surface area contributed by atoms with Crippen molar-refractivity contribution in [3.63, 3.8) is 0 Å². The molecule has 0 aliphatic carbocycles. The summed E-state index contributed by atoms with van der Waals surface area (Å²) < 4.78 is 13.3. The van der Waals surface area contributed by atoms with Gasteiger partial charge in [-0.25, -0.2) is 4.39 Å². The highest BCUT2D eigenvalue weighted by atomic mass is 35.5. The summed E-state index contributed by atoms with van der Waals surface area (Å²) in [6.07, 6.45) is 0.720. The molecule has 0 aromatic heterocycles. The molecule has 1 aromatic carbocycles. The summed E-state index contributed by atoms with van der Waals surface area (Å²) >= 11 is 5.75. The summed E-state index contributed by atoms with van der Waals surface area (Å²) in [5.74, 6) is -0.315. The summed E-state index contributed by atoms with van der Waals surface area (Å²) in [7, 11) is 0. The molecule has 0 fully saturated rings. The van der Waals surface area contributed by atoms with Crippen LogP contribution in [-0.4, -0.2) is 0 Å². The molecular formula is C10H13ClFN. The van der Waals surface area contributed by atoms with Crippen LogP contribution in [0.15, 0.2) is 12.1 Å². The van der Waals surface area contributed by atoms with Crippen LogP contribution in [0.25, 0.3) is 0 Å². The van der Waals surface area contributed by atoms with Crippen molar-refractivity contribution in [2.24, 2.45) is 5.73 Å². The molecule has 72 valence electrons. The van der Waals surface area contributed by atoms with Gasteiger partial charge in [-0.1, -0.05) is 24.6 Å². The molecule has 0 amide bonds. The molecule has 1 aromatic rings. The second-order valence-electron chi connectivity index (χ2n) is 3.14. The number of hydrogen-bond donors (Lipinski definition) is 1. The van der Waals surface area contributed by atoms with Gasteiger partial charge in [-0.15, -0.1) is 0 Å². The lowest BCUT2D eigenvalue weighted by Crippen LogP contribution is -2.11. The van der Waals surface area contributed by atoms with E-state index in [4.69, 9.17) is 17.3 Å². The third-order valence-electron chi connectivity index (χ3n) is 2.12. The Morgan fingerprint density at radius 2 is 2.15 bits per heavy atom. The topological polar surface area (TPSA) is 26.0 Å². The zero-order valence-corrected chi connectivity index (χ0v) is 8.53. The van der Waals surface area contributed by atoms with Gasteiger partial charge in [0.15, 0.2) is 0 Å². The predicted octanol–water partition coefficient (Wildman–Crippen LogP) is 3.20. The Morgan fingerprint density at radius 3 is 2.69 bits per heavy atom. The molecule has 1 unspecified atom stereocenters. The molecule has 0 radical (unpaired) electrons. The Kier molecular flexibility index (Phi) is 3.28. The first-order valence-corrected chi connectivity index (χ1v) is 4.65. The fourth-order valence-electron chi connectivity index (χ4n) is 1.18. The van der Waals surface area contributed by atoms with Crippen molar-refractivity contribution < 1.29 is 4.39 Å². The van der Waals surface area contributed by atoms with E-state index in [-0.39, 0.29) is 11.9 Å². The van der Waals surface area contributed by atoms with Crippen molar-refractivity contribution in [2.75, 3.05) is 0 Å². The van der Waals surface area contributed by atoms with E-state index in [0.717, 1.165) is 12.0 Å². The van der Waals surface area contributed by atoms with Gasteiger partial charge >= 0.3 is 0 Å². The average Bonchev–Trinajstić information content (AvgIpc) is 2.10. The fourth-order valence-corrected chi connectivity index (χ4v) is 1.33. The molecule has 2 N–H and O–H groups in total. The summed E-state index contributed by atoms with van der Waals surface area (Å²) in [6.45, 7) is 3.77. The second-order valence-corrected chi connectivity index (χ2v) is 3.54. The lowest BCUT2D eigenvalue weighted by molar-refractivity contribution is 0.575. The third-order valence-corrected chi connectivity index (χ3v) is 2.52. The van der Waals surface area contributed by atoms with Crippen molar-refractivity contribution in [3.05, 3.63) is 34.1 Å². The molecule has 0 saturated heterocycles. The molecule has 0 heterocycles. The molecule has 1 rings (SSSR count).